The van der Waals surface area contributed by atoms with E-state index < -0.39 is 31.0 Å². The Bertz CT molecular complexity index is 144. The molecule has 0 radical (unpaired) electrons. The summed E-state index contributed by atoms with van der Waals surface area (Å²) < 4.78 is 0. The van der Waals surface area contributed by atoms with Crippen molar-refractivity contribution in [2.24, 2.45) is 0 Å². The van der Waals surface area contributed by atoms with Crippen molar-refractivity contribution in [1.29, 1.82) is 0 Å². The van der Waals surface area contributed by atoms with Crippen molar-refractivity contribution in [3.05, 3.63) is 0 Å². The number of hydrogen-bond donors (Lipinski definition) is 3. The minimum Gasteiger partial charge on any atom is -0.394 e. The predicted molar refractivity (Wildman–Crippen MR) is 34.8 cm³/mol. The van der Waals surface area contributed by atoms with Crippen LogP contribution in [0.3, 0.4) is 0 Å². The first kappa shape index (κ1) is 10.2. The van der Waals surface area contributed by atoms with Crippen molar-refractivity contribution in [2.45, 2.75) is 18.6 Å². The molecular weight excluding hydrogens is 152 g/mol. The van der Waals surface area contributed by atoms with E-state index in [-0.39, 0.29) is 6.29 Å². The molecule has 0 aromatic rings. The highest BCUT2D eigenvalue weighted by atomic mass is 16.4. The summed E-state index contributed by atoms with van der Waals surface area (Å²) in [6, 6.07) is 0. The topological polar surface area (TPSA) is 94.8 Å². The van der Waals surface area contributed by atoms with Gasteiger partial charge in [0.25, 0.3) is 0 Å². The Morgan fingerprint density at radius 3 is 2.27 bits per heavy atom. The summed E-state index contributed by atoms with van der Waals surface area (Å²) in [5, 5.41) is 25.8. The van der Waals surface area contributed by atoms with Crippen LogP contribution < -0.4 is 0 Å². The standard InChI is InChI=1S/C6H10O5/c7-2-4(9)1-5(10)6(11)3-8/h2,5-6,8,10-11H,1,3H2/t5-,6+/m0/s1. The molecule has 3 N–H and O–H groups in total. The predicted octanol–water partition coefficient (Wildman–Crippen LogP) is -2.14. The second kappa shape index (κ2) is 4.95. The summed E-state index contributed by atoms with van der Waals surface area (Å²) in [5.74, 6) is -0.801. The maximum absolute atomic E-state index is 10.3. The molecule has 0 heterocycles. The summed E-state index contributed by atoms with van der Waals surface area (Å²) in [4.78, 5) is 20.1. The average molecular weight is 162 g/mol. The highest BCUT2D eigenvalue weighted by Crippen LogP contribution is 1.97. The molecule has 0 fully saturated rings. The molecule has 0 saturated carbocycles. The normalized spacial score (nSPS) is 15.5. The van der Waals surface area contributed by atoms with Crippen LogP contribution in [-0.2, 0) is 9.59 Å². The lowest BCUT2D eigenvalue weighted by Gasteiger charge is -2.12. The maximum atomic E-state index is 10.3. The molecule has 0 aromatic heterocycles. The van der Waals surface area contributed by atoms with Gasteiger partial charge in [0.1, 0.15) is 6.10 Å². The molecule has 0 spiro atoms. The number of rotatable bonds is 5. The van der Waals surface area contributed by atoms with Crippen molar-refractivity contribution < 1.29 is 24.9 Å². The van der Waals surface area contributed by atoms with Gasteiger partial charge in [-0.25, -0.2) is 0 Å². The first-order valence-electron chi connectivity index (χ1n) is 3.06. The van der Waals surface area contributed by atoms with Gasteiger partial charge in [0.15, 0.2) is 12.1 Å². The van der Waals surface area contributed by atoms with E-state index in [0.29, 0.717) is 0 Å². The zero-order chi connectivity index (χ0) is 8.85. The molecule has 0 amide bonds. The molecule has 2 atom stereocenters. The second-order valence-electron chi connectivity index (χ2n) is 2.11. The number of carbonyl (C=O) groups excluding carboxylic acids is 2. The molecule has 5 nitrogen and oxygen atoms in total. The lowest BCUT2D eigenvalue weighted by molar-refractivity contribution is -0.132. The zero-order valence-electron chi connectivity index (χ0n) is 5.80. The molecule has 0 aliphatic carbocycles. The van der Waals surface area contributed by atoms with Gasteiger partial charge >= 0.3 is 0 Å². The smallest absolute Gasteiger partial charge is 0.197 e. The molecule has 5 heteroatoms. The Balaban J connectivity index is 3.76. The fraction of sp³-hybridized carbons (Fsp3) is 0.667. The van der Waals surface area contributed by atoms with Gasteiger partial charge in [0.2, 0.25) is 0 Å². The number of carbonyl (C=O) groups is 2. The third kappa shape index (κ3) is 3.82. The van der Waals surface area contributed by atoms with Crippen molar-refractivity contribution in [3.63, 3.8) is 0 Å². The maximum Gasteiger partial charge on any atom is 0.197 e. The van der Waals surface area contributed by atoms with E-state index in [9.17, 15) is 9.59 Å². The Labute approximate surface area is 63.3 Å². The van der Waals surface area contributed by atoms with Gasteiger partial charge in [0, 0.05) is 6.42 Å². The summed E-state index contributed by atoms with van der Waals surface area (Å²) in [6.45, 7) is -0.632. The third-order valence-corrected chi connectivity index (χ3v) is 1.17. The van der Waals surface area contributed by atoms with Crippen LogP contribution >= 0.6 is 0 Å². The number of ketones is 1. The van der Waals surface area contributed by atoms with Gasteiger partial charge < -0.3 is 15.3 Å². The van der Waals surface area contributed by atoms with Gasteiger partial charge in [-0.1, -0.05) is 0 Å². The van der Waals surface area contributed by atoms with Crippen LogP contribution in [-0.4, -0.2) is 46.2 Å². The molecule has 0 aliphatic rings. The molecule has 0 bridgehead atoms. The van der Waals surface area contributed by atoms with Crippen molar-refractivity contribution >= 4 is 12.1 Å². The minimum absolute atomic E-state index is 0.0628. The molecule has 0 aromatic carbocycles. The largest absolute Gasteiger partial charge is 0.394 e. The molecule has 0 unspecified atom stereocenters. The van der Waals surface area contributed by atoms with Gasteiger partial charge in [-0.15, -0.1) is 0 Å². The van der Waals surface area contributed by atoms with Crippen LogP contribution in [0.2, 0.25) is 0 Å². The Kier molecular flexibility index (Phi) is 4.60. The van der Waals surface area contributed by atoms with E-state index in [1.165, 1.54) is 0 Å². The first-order valence-corrected chi connectivity index (χ1v) is 3.06. The van der Waals surface area contributed by atoms with Crippen molar-refractivity contribution in [3.8, 4) is 0 Å². The molecule has 0 rings (SSSR count). The van der Waals surface area contributed by atoms with Crippen LogP contribution in [0.5, 0.6) is 0 Å². The Morgan fingerprint density at radius 1 is 1.36 bits per heavy atom. The van der Waals surface area contributed by atoms with E-state index in [4.69, 9.17) is 15.3 Å². The van der Waals surface area contributed by atoms with Crippen LogP contribution in [0.15, 0.2) is 0 Å². The summed E-state index contributed by atoms with van der Waals surface area (Å²) in [6.07, 6.45) is -3.12. The third-order valence-electron chi connectivity index (χ3n) is 1.17. The summed E-state index contributed by atoms with van der Waals surface area (Å²) >= 11 is 0. The number of aliphatic hydroxyl groups is 3. The van der Waals surface area contributed by atoms with E-state index in [1.54, 1.807) is 0 Å². The highest BCUT2D eigenvalue weighted by molar-refractivity contribution is 6.25. The lowest BCUT2D eigenvalue weighted by Crippen LogP contribution is -2.31. The zero-order valence-corrected chi connectivity index (χ0v) is 5.80. The van der Waals surface area contributed by atoms with Gasteiger partial charge in [-0.2, -0.15) is 0 Å². The Morgan fingerprint density at radius 2 is 1.91 bits per heavy atom. The number of Topliss-reactive ketones (excluding diaryl/α,β-unsaturated/α-hetero) is 1. The SMILES string of the molecule is O=CC(=O)C[C@H](O)[C@H](O)CO. The molecule has 64 valence electrons. The summed E-state index contributed by atoms with van der Waals surface area (Å²) in [5.41, 5.74) is 0. The van der Waals surface area contributed by atoms with E-state index in [1.807, 2.05) is 0 Å². The Hall–Kier alpha value is -0.780. The molecule has 11 heavy (non-hydrogen) atoms. The first-order chi connectivity index (χ1) is 5.11. The monoisotopic (exact) mass is 162 g/mol. The average Bonchev–Trinajstić information content (AvgIpc) is 2.02. The highest BCUT2D eigenvalue weighted by Gasteiger charge is 2.17. The quantitative estimate of drug-likeness (QED) is 0.317. The van der Waals surface area contributed by atoms with Crippen LogP contribution in [0.1, 0.15) is 6.42 Å². The number of hydrogen-bond acceptors (Lipinski definition) is 5. The van der Waals surface area contributed by atoms with Gasteiger partial charge in [-0.3, -0.25) is 9.59 Å². The molecule has 0 aliphatic heterocycles. The number of aldehydes is 1. The van der Waals surface area contributed by atoms with E-state index >= 15 is 0 Å². The van der Waals surface area contributed by atoms with Crippen LogP contribution in [0.4, 0.5) is 0 Å². The van der Waals surface area contributed by atoms with Gasteiger partial charge in [0.05, 0.1) is 12.7 Å². The number of aliphatic hydroxyl groups excluding tert-OH is 3. The molecule has 0 saturated heterocycles. The van der Waals surface area contributed by atoms with Crippen molar-refractivity contribution in [2.75, 3.05) is 6.61 Å². The second-order valence-corrected chi connectivity index (χ2v) is 2.11. The van der Waals surface area contributed by atoms with Crippen molar-refractivity contribution in [1.82, 2.24) is 0 Å². The summed E-state index contributed by atoms with van der Waals surface area (Å²) in [7, 11) is 0. The lowest BCUT2D eigenvalue weighted by atomic mass is 10.1. The fourth-order valence-corrected chi connectivity index (χ4v) is 0.512. The minimum atomic E-state index is -1.36. The van der Waals surface area contributed by atoms with Crippen LogP contribution in [0.25, 0.3) is 0 Å². The van der Waals surface area contributed by atoms with E-state index in [2.05, 4.69) is 0 Å². The van der Waals surface area contributed by atoms with E-state index in [0.717, 1.165) is 0 Å². The fourth-order valence-electron chi connectivity index (χ4n) is 0.512. The van der Waals surface area contributed by atoms with Gasteiger partial charge in [-0.05, 0) is 0 Å². The van der Waals surface area contributed by atoms with Crippen LogP contribution in [0, 0.1) is 0 Å². The molecular formula is C6H10O5.